The standard InChI is InChI=1S/C19H21F2NO4/c1-12(22-19(23)18-14(20)5-4-6-15(18)21)13-7-8-16(17(11-13)25-3)26-10-9-24-2/h4-8,11-12H,9-10H2,1-3H3,(H,22,23)/t12-/m0/s1. The Morgan fingerprint density at radius 1 is 1.08 bits per heavy atom. The molecule has 0 bridgehead atoms. The molecule has 5 nitrogen and oxygen atoms in total. The van der Waals surface area contributed by atoms with Gasteiger partial charge in [-0.05, 0) is 36.8 Å². The van der Waals surface area contributed by atoms with E-state index in [1.807, 2.05) is 0 Å². The van der Waals surface area contributed by atoms with E-state index in [9.17, 15) is 13.6 Å². The summed E-state index contributed by atoms with van der Waals surface area (Å²) in [5.41, 5.74) is 0.0943. The van der Waals surface area contributed by atoms with Crippen LogP contribution in [0, 0.1) is 11.6 Å². The van der Waals surface area contributed by atoms with E-state index >= 15 is 0 Å². The monoisotopic (exact) mass is 365 g/mol. The number of amides is 1. The van der Waals surface area contributed by atoms with Gasteiger partial charge in [0.25, 0.3) is 5.91 Å². The van der Waals surface area contributed by atoms with E-state index in [0.717, 1.165) is 12.1 Å². The fourth-order valence-electron chi connectivity index (χ4n) is 2.37. The molecule has 0 spiro atoms. The smallest absolute Gasteiger partial charge is 0.257 e. The van der Waals surface area contributed by atoms with E-state index in [1.165, 1.54) is 13.2 Å². The molecule has 2 aromatic carbocycles. The van der Waals surface area contributed by atoms with Gasteiger partial charge in [0.05, 0.1) is 19.8 Å². The van der Waals surface area contributed by atoms with Gasteiger partial charge in [0.15, 0.2) is 11.5 Å². The topological polar surface area (TPSA) is 56.8 Å². The van der Waals surface area contributed by atoms with E-state index in [0.29, 0.717) is 30.3 Å². The molecular weight excluding hydrogens is 344 g/mol. The number of rotatable bonds is 8. The minimum Gasteiger partial charge on any atom is -0.493 e. The third-order valence-electron chi connectivity index (χ3n) is 3.77. The molecule has 0 aliphatic heterocycles. The Morgan fingerprint density at radius 3 is 2.38 bits per heavy atom. The Hall–Kier alpha value is -2.67. The SMILES string of the molecule is COCCOc1ccc([C@H](C)NC(=O)c2c(F)cccc2F)cc1OC. The van der Waals surface area contributed by atoms with Crippen molar-refractivity contribution in [3.63, 3.8) is 0 Å². The largest absolute Gasteiger partial charge is 0.493 e. The van der Waals surface area contributed by atoms with Gasteiger partial charge in [0.1, 0.15) is 23.8 Å². The molecule has 0 radical (unpaired) electrons. The maximum Gasteiger partial charge on any atom is 0.257 e. The predicted molar refractivity (Wildman–Crippen MR) is 92.6 cm³/mol. The first-order valence-corrected chi connectivity index (χ1v) is 8.02. The van der Waals surface area contributed by atoms with Crippen LogP contribution in [0.1, 0.15) is 28.9 Å². The van der Waals surface area contributed by atoms with Crippen molar-refractivity contribution in [3.8, 4) is 11.5 Å². The molecule has 1 atom stereocenters. The number of nitrogens with one attached hydrogen (secondary N) is 1. The molecule has 0 aliphatic carbocycles. The van der Waals surface area contributed by atoms with Crippen LogP contribution in [0.4, 0.5) is 8.78 Å². The Kier molecular flexibility index (Phi) is 6.91. The van der Waals surface area contributed by atoms with Crippen LogP contribution in [0.3, 0.4) is 0 Å². The minimum absolute atomic E-state index is 0.366. The van der Waals surface area contributed by atoms with Crippen molar-refractivity contribution in [2.45, 2.75) is 13.0 Å². The van der Waals surface area contributed by atoms with Crippen LogP contribution < -0.4 is 14.8 Å². The van der Waals surface area contributed by atoms with Crippen molar-refractivity contribution < 1.29 is 27.8 Å². The number of benzene rings is 2. The lowest BCUT2D eigenvalue weighted by Gasteiger charge is -2.17. The van der Waals surface area contributed by atoms with Gasteiger partial charge < -0.3 is 19.5 Å². The molecule has 0 fully saturated rings. The Bertz CT molecular complexity index is 747. The van der Waals surface area contributed by atoms with Crippen LogP contribution in [0.25, 0.3) is 0 Å². The van der Waals surface area contributed by atoms with Gasteiger partial charge in [-0.15, -0.1) is 0 Å². The van der Waals surface area contributed by atoms with E-state index < -0.39 is 29.1 Å². The number of carbonyl (C=O) groups is 1. The third-order valence-corrected chi connectivity index (χ3v) is 3.77. The van der Waals surface area contributed by atoms with Gasteiger partial charge in [-0.2, -0.15) is 0 Å². The summed E-state index contributed by atoms with van der Waals surface area (Å²) in [4.78, 5) is 12.2. The van der Waals surface area contributed by atoms with E-state index in [2.05, 4.69) is 5.32 Å². The highest BCUT2D eigenvalue weighted by Crippen LogP contribution is 2.30. The molecule has 1 N–H and O–H groups in total. The van der Waals surface area contributed by atoms with Crippen LogP contribution in [0.5, 0.6) is 11.5 Å². The molecule has 140 valence electrons. The second-order valence-electron chi connectivity index (χ2n) is 5.54. The average Bonchev–Trinajstić information content (AvgIpc) is 2.61. The lowest BCUT2D eigenvalue weighted by atomic mass is 10.1. The predicted octanol–water partition coefficient (Wildman–Crippen LogP) is 3.49. The van der Waals surface area contributed by atoms with Crippen LogP contribution >= 0.6 is 0 Å². The second-order valence-corrected chi connectivity index (χ2v) is 5.54. The molecule has 0 unspecified atom stereocenters. The summed E-state index contributed by atoms with van der Waals surface area (Å²) in [5, 5.41) is 2.58. The normalized spacial score (nSPS) is 11.7. The van der Waals surface area contributed by atoms with Gasteiger partial charge in [-0.1, -0.05) is 12.1 Å². The Morgan fingerprint density at radius 2 is 1.77 bits per heavy atom. The number of carbonyl (C=O) groups excluding carboxylic acids is 1. The Labute approximate surface area is 150 Å². The number of ether oxygens (including phenoxy) is 3. The number of methoxy groups -OCH3 is 2. The van der Waals surface area contributed by atoms with Crippen molar-refractivity contribution in [1.29, 1.82) is 0 Å². The first kappa shape index (κ1) is 19.7. The number of halogens is 2. The molecule has 1 amide bonds. The van der Waals surface area contributed by atoms with Gasteiger partial charge in [-0.3, -0.25) is 4.79 Å². The average molecular weight is 365 g/mol. The highest BCUT2D eigenvalue weighted by molar-refractivity contribution is 5.95. The molecule has 26 heavy (non-hydrogen) atoms. The van der Waals surface area contributed by atoms with Crippen molar-refractivity contribution in [1.82, 2.24) is 5.32 Å². The minimum atomic E-state index is -0.908. The number of hydrogen-bond donors (Lipinski definition) is 1. The fourth-order valence-corrected chi connectivity index (χ4v) is 2.37. The zero-order valence-corrected chi connectivity index (χ0v) is 14.8. The zero-order chi connectivity index (χ0) is 19.1. The summed E-state index contributed by atoms with van der Waals surface area (Å²) < 4.78 is 43.2. The van der Waals surface area contributed by atoms with Crippen molar-refractivity contribution in [2.24, 2.45) is 0 Å². The van der Waals surface area contributed by atoms with Crippen LogP contribution in [-0.2, 0) is 4.74 Å². The van der Waals surface area contributed by atoms with Crippen molar-refractivity contribution in [3.05, 3.63) is 59.2 Å². The molecule has 0 saturated carbocycles. The molecule has 0 aliphatic rings. The molecule has 0 aromatic heterocycles. The summed E-state index contributed by atoms with van der Waals surface area (Å²) >= 11 is 0. The summed E-state index contributed by atoms with van der Waals surface area (Å²) in [5.74, 6) is -1.63. The maximum absolute atomic E-state index is 13.7. The summed E-state index contributed by atoms with van der Waals surface area (Å²) in [6, 6.07) is 7.94. The maximum atomic E-state index is 13.7. The Balaban J connectivity index is 2.14. The van der Waals surface area contributed by atoms with Gasteiger partial charge in [0, 0.05) is 7.11 Å². The summed E-state index contributed by atoms with van der Waals surface area (Å²) in [7, 11) is 3.08. The van der Waals surface area contributed by atoms with E-state index in [1.54, 1.807) is 32.2 Å². The summed E-state index contributed by atoms with van der Waals surface area (Å²) in [6.07, 6.45) is 0. The zero-order valence-electron chi connectivity index (χ0n) is 14.8. The van der Waals surface area contributed by atoms with Crippen molar-refractivity contribution >= 4 is 5.91 Å². The highest BCUT2D eigenvalue weighted by Gasteiger charge is 2.20. The molecule has 0 saturated heterocycles. The van der Waals surface area contributed by atoms with Gasteiger partial charge >= 0.3 is 0 Å². The summed E-state index contributed by atoms with van der Waals surface area (Å²) in [6.45, 7) is 2.51. The second kappa shape index (κ2) is 9.15. The van der Waals surface area contributed by atoms with E-state index in [4.69, 9.17) is 14.2 Å². The quantitative estimate of drug-likeness (QED) is 0.728. The molecule has 7 heteroatoms. The van der Waals surface area contributed by atoms with Crippen LogP contribution in [-0.4, -0.2) is 33.3 Å². The van der Waals surface area contributed by atoms with Gasteiger partial charge in [0.2, 0.25) is 0 Å². The fraction of sp³-hybridized carbons (Fsp3) is 0.316. The molecule has 2 aromatic rings. The third kappa shape index (κ3) is 4.70. The first-order chi connectivity index (χ1) is 12.5. The lowest BCUT2D eigenvalue weighted by molar-refractivity contribution is 0.0931. The van der Waals surface area contributed by atoms with Crippen LogP contribution in [0.15, 0.2) is 36.4 Å². The highest BCUT2D eigenvalue weighted by atomic mass is 19.1. The van der Waals surface area contributed by atoms with Gasteiger partial charge in [-0.25, -0.2) is 8.78 Å². The first-order valence-electron chi connectivity index (χ1n) is 8.02. The molecular formula is C19H21F2NO4. The van der Waals surface area contributed by atoms with E-state index in [-0.39, 0.29) is 0 Å². The van der Waals surface area contributed by atoms with Crippen LogP contribution in [0.2, 0.25) is 0 Å². The lowest BCUT2D eigenvalue weighted by Crippen LogP contribution is -2.28. The van der Waals surface area contributed by atoms with Crippen molar-refractivity contribution in [2.75, 3.05) is 27.4 Å². The number of hydrogen-bond acceptors (Lipinski definition) is 4. The molecule has 2 rings (SSSR count). The molecule has 0 heterocycles.